The number of anilines is 1. The van der Waals surface area contributed by atoms with Gasteiger partial charge in [-0.2, -0.15) is 0 Å². The quantitative estimate of drug-likeness (QED) is 0.656. The highest BCUT2D eigenvalue weighted by molar-refractivity contribution is 5.52. The van der Waals surface area contributed by atoms with Crippen LogP contribution in [0, 0.1) is 0 Å². The number of ether oxygens (including phenoxy) is 2. The molecule has 4 nitrogen and oxygen atoms in total. The highest BCUT2D eigenvalue weighted by Gasteiger charge is 2.06. The molecule has 1 aromatic carbocycles. The second kappa shape index (κ2) is 9.78. The van der Waals surface area contributed by atoms with Crippen molar-refractivity contribution in [3.05, 3.63) is 29.8 Å². The van der Waals surface area contributed by atoms with Crippen molar-refractivity contribution in [1.82, 2.24) is 5.32 Å². The summed E-state index contributed by atoms with van der Waals surface area (Å²) in [5.41, 5.74) is 2.60. The number of methoxy groups -OCH3 is 2. The van der Waals surface area contributed by atoms with Gasteiger partial charge in [-0.3, -0.25) is 0 Å². The molecule has 0 aliphatic heterocycles. The zero-order valence-corrected chi connectivity index (χ0v) is 12.3. The molecule has 1 aromatic rings. The smallest absolute Gasteiger partial charge is 0.0587 e. The first-order chi connectivity index (χ1) is 9.29. The average molecular weight is 266 g/mol. The van der Waals surface area contributed by atoms with Crippen molar-refractivity contribution in [1.29, 1.82) is 0 Å². The highest BCUT2D eigenvalue weighted by atomic mass is 16.5. The number of nitrogens with zero attached hydrogens (tertiary/aromatic N) is 1. The van der Waals surface area contributed by atoms with Crippen molar-refractivity contribution in [2.24, 2.45) is 0 Å². The average Bonchev–Trinajstić information content (AvgIpc) is 2.44. The lowest BCUT2D eigenvalue weighted by Gasteiger charge is -2.22. The van der Waals surface area contributed by atoms with E-state index in [-0.39, 0.29) is 0 Å². The van der Waals surface area contributed by atoms with Crippen LogP contribution >= 0.6 is 0 Å². The second-order valence-electron chi connectivity index (χ2n) is 4.57. The Morgan fingerprint density at radius 1 is 1.11 bits per heavy atom. The van der Waals surface area contributed by atoms with Crippen LogP contribution in [0.2, 0.25) is 0 Å². The van der Waals surface area contributed by atoms with E-state index in [0.29, 0.717) is 0 Å². The van der Waals surface area contributed by atoms with Gasteiger partial charge in [0.05, 0.1) is 6.61 Å². The Morgan fingerprint density at radius 2 is 1.84 bits per heavy atom. The van der Waals surface area contributed by atoms with E-state index in [2.05, 4.69) is 41.5 Å². The van der Waals surface area contributed by atoms with Gasteiger partial charge in [0, 0.05) is 53.2 Å². The Hall–Kier alpha value is -1.10. The lowest BCUT2D eigenvalue weighted by atomic mass is 10.1. The fourth-order valence-corrected chi connectivity index (χ4v) is 2.00. The Labute approximate surface area is 116 Å². The fraction of sp³-hybridized carbons (Fsp3) is 0.600. The summed E-state index contributed by atoms with van der Waals surface area (Å²) in [6.45, 7) is 4.29. The van der Waals surface area contributed by atoms with E-state index < -0.39 is 0 Å². The van der Waals surface area contributed by atoms with E-state index in [1.165, 1.54) is 11.3 Å². The van der Waals surface area contributed by atoms with Gasteiger partial charge in [-0.1, -0.05) is 18.2 Å². The van der Waals surface area contributed by atoms with Crippen molar-refractivity contribution in [3.8, 4) is 0 Å². The van der Waals surface area contributed by atoms with Gasteiger partial charge in [0.2, 0.25) is 0 Å². The van der Waals surface area contributed by atoms with Crippen LogP contribution in [0.15, 0.2) is 24.3 Å². The molecule has 0 saturated heterocycles. The maximum Gasteiger partial charge on any atom is 0.0587 e. The topological polar surface area (TPSA) is 33.7 Å². The molecule has 0 radical (unpaired) electrons. The molecule has 4 heteroatoms. The lowest BCUT2D eigenvalue weighted by Crippen LogP contribution is -2.24. The zero-order chi connectivity index (χ0) is 13.9. The fourth-order valence-electron chi connectivity index (χ4n) is 2.00. The summed E-state index contributed by atoms with van der Waals surface area (Å²) in [7, 11) is 5.59. The van der Waals surface area contributed by atoms with Crippen LogP contribution in [-0.2, 0) is 16.0 Å². The summed E-state index contributed by atoms with van der Waals surface area (Å²) in [6.07, 6.45) is 1.04. The van der Waals surface area contributed by atoms with E-state index >= 15 is 0 Å². The van der Waals surface area contributed by atoms with Gasteiger partial charge >= 0.3 is 0 Å². The van der Waals surface area contributed by atoms with Crippen LogP contribution in [0.4, 0.5) is 5.69 Å². The van der Waals surface area contributed by atoms with Gasteiger partial charge in [-0.15, -0.1) is 0 Å². The van der Waals surface area contributed by atoms with Gasteiger partial charge in [0.15, 0.2) is 0 Å². The summed E-state index contributed by atoms with van der Waals surface area (Å²) in [5, 5.41) is 3.39. The maximum absolute atomic E-state index is 5.10. The van der Waals surface area contributed by atoms with Gasteiger partial charge in [0.25, 0.3) is 0 Å². The van der Waals surface area contributed by atoms with Gasteiger partial charge < -0.3 is 19.7 Å². The van der Waals surface area contributed by atoms with Crippen molar-refractivity contribution in [3.63, 3.8) is 0 Å². The molecule has 0 saturated carbocycles. The molecule has 0 aromatic heterocycles. The third-order valence-corrected chi connectivity index (χ3v) is 3.04. The van der Waals surface area contributed by atoms with Crippen molar-refractivity contribution < 1.29 is 9.47 Å². The molecule has 0 unspecified atom stereocenters. The van der Waals surface area contributed by atoms with Crippen molar-refractivity contribution in [2.75, 3.05) is 52.5 Å². The SMILES string of the molecule is COCCCN(C)c1ccccc1CNCCOC. The first-order valence-electron chi connectivity index (χ1n) is 6.77. The Morgan fingerprint density at radius 3 is 2.58 bits per heavy atom. The standard InChI is InChI=1S/C15H26N2O2/c1-17(10-6-11-18-2)15-8-5-4-7-14(15)13-16-9-12-19-3/h4-5,7-8,16H,6,9-13H2,1-3H3. The maximum atomic E-state index is 5.10. The molecular weight excluding hydrogens is 240 g/mol. The number of para-hydroxylation sites is 1. The van der Waals surface area contributed by atoms with Crippen LogP contribution in [0.25, 0.3) is 0 Å². The van der Waals surface area contributed by atoms with Crippen molar-refractivity contribution in [2.45, 2.75) is 13.0 Å². The predicted octanol–water partition coefficient (Wildman–Crippen LogP) is 1.90. The Kier molecular flexibility index (Phi) is 8.21. The van der Waals surface area contributed by atoms with E-state index in [4.69, 9.17) is 9.47 Å². The summed E-state index contributed by atoms with van der Waals surface area (Å²) in [4.78, 5) is 2.28. The number of benzene rings is 1. The molecule has 0 bridgehead atoms. The minimum absolute atomic E-state index is 0.742. The summed E-state index contributed by atoms with van der Waals surface area (Å²) in [5.74, 6) is 0. The van der Waals surface area contributed by atoms with E-state index in [1.54, 1.807) is 14.2 Å². The van der Waals surface area contributed by atoms with Crippen LogP contribution in [0.3, 0.4) is 0 Å². The third-order valence-electron chi connectivity index (χ3n) is 3.04. The molecule has 0 amide bonds. The molecule has 1 rings (SSSR count). The van der Waals surface area contributed by atoms with Crippen LogP contribution in [0.5, 0.6) is 0 Å². The minimum Gasteiger partial charge on any atom is -0.385 e. The molecule has 0 aliphatic rings. The van der Waals surface area contributed by atoms with E-state index in [9.17, 15) is 0 Å². The van der Waals surface area contributed by atoms with Crippen LogP contribution in [0.1, 0.15) is 12.0 Å². The molecule has 0 atom stereocenters. The normalized spacial score (nSPS) is 10.7. The lowest BCUT2D eigenvalue weighted by molar-refractivity contribution is 0.196. The highest BCUT2D eigenvalue weighted by Crippen LogP contribution is 2.19. The van der Waals surface area contributed by atoms with Gasteiger partial charge in [0.1, 0.15) is 0 Å². The molecule has 0 heterocycles. The number of hydrogen-bond donors (Lipinski definition) is 1. The summed E-state index contributed by atoms with van der Waals surface area (Å²) >= 11 is 0. The summed E-state index contributed by atoms with van der Waals surface area (Å²) in [6, 6.07) is 8.50. The Bertz CT molecular complexity index is 345. The molecule has 19 heavy (non-hydrogen) atoms. The number of nitrogens with one attached hydrogen (secondary N) is 1. The van der Waals surface area contributed by atoms with E-state index in [1.807, 2.05) is 0 Å². The van der Waals surface area contributed by atoms with Gasteiger partial charge in [-0.25, -0.2) is 0 Å². The monoisotopic (exact) mass is 266 g/mol. The Balaban J connectivity index is 2.51. The molecule has 0 aliphatic carbocycles. The van der Waals surface area contributed by atoms with E-state index in [0.717, 1.165) is 39.3 Å². The number of hydrogen-bond acceptors (Lipinski definition) is 4. The molecule has 0 fully saturated rings. The third kappa shape index (κ3) is 6.05. The largest absolute Gasteiger partial charge is 0.385 e. The number of rotatable bonds is 10. The first-order valence-corrected chi connectivity index (χ1v) is 6.77. The van der Waals surface area contributed by atoms with Crippen molar-refractivity contribution >= 4 is 5.69 Å². The van der Waals surface area contributed by atoms with Crippen LogP contribution in [-0.4, -0.2) is 47.6 Å². The molecule has 1 N–H and O–H groups in total. The second-order valence-corrected chi connectivity index (χ2v) is 4.57. The zero-order valence-electron chi connectivity index (χ0n) is 12.3. The molecular formula is C15H26N2O2. The molecule has 0 spiro atoms. The predicted molar refractivity (Wildman–Crippen MR) is 79.8 cm³/mol. The minimum atomic E-state index is 0.742. The van der Waals surface area contributed by atoms with Gasteiger partial charge in [-0.05, 0) is 18.1 Å². The first kappa shape index (κ1) is 16.0. The molecule has 108 valence electrons. The van der Waals surface area contributed by atoms with Crippen LogP contribution < -0.4 is 10.2 Å². The summed E-state index contributed by atoms with van der Waals surface area (Å²) < 4.78 is 10.1.